The van der Waals surface area contributed by atoms with E-state index in [-0.39, 0.29) is 11.6 Å². The van der Waals surface area contributed by atoms with Crippen LogP contribution in [-0.4, -0.2) is 15.9 Å². The van der Waals surface area contributed by atoms with Gasteiger partial charge >= 0.3 is 0 Å². The molecule has 0 aliphatic carbocycles. The van der Waals surface area contributed by atoms with Gasteiger partial charge in [-0.3, -0.25) is 10.1 Å². The molecule has 3 rings (SSSR count). The predicted molar refractivity (Wildman–Crippen MR) is 98.2 cm³/mol. The number of rotatable bonds is 4. The Labute approximate surface area is 149 Å². The van der Waals surface area contributed by atoms with Crippen molar-refractivity contribution < 1.29 is 4.79 Å². The van der Waals surface area contributed by atoms with Crippen LogP contribution in [0.3, 0.4) is 0 Å². The molecule has 0 saturated heterocycles. The molecule has 0 aliphatic heterocycles. The number of amides is 1. The summed E-state index contributed by atoms with van der Waals surface area (Å²) in [5.74, 6) is -0.336. The first-order valence-electron chi connectivity index (χ1n) is 7.53. The van der Waals surface area contributed by atoms with Crippen LogP contribution < -0.4 is 10.6 Å². The average Bonchev–Trinajstić information content (AvgIpc) is 3.01. The molecule has 1 aromatic carbocycles. The van der Waals surface area contributed by atoms with E-state index in [0.29, 0.717) is 22.1 Å². The molecule has 124 valence electrons. The number of benzene rings is 1. The predicted octanol–water partition coefficient (Wildman–Crippen LogP) is 4.02. The first kappa shape index (κ1) is 16.6. The number of hydrogen-bond acceptors (Lipinski definition) is 6. The van der Waals surface area contributed by atoms with Crippen LogP contribution in [-0.2, 0) is 0 Å². The Hall–Kier alpha value is -3.24. The van der Waals surface area contributed by atoms with Gasteiger partial charge < -0.3 is 5.32 Å². The number of thiazole rings is 1. The van der Waals surface area contributed by atoms with Crippen molar-refractivity contribution in [2.45, 2.75) is 13.8 Å². The van der Waals surface area contributed by atoms with E-state index in [0.717, 1.165) is 11.4 Å². The molecule has 0 atom stereocenters. The Morgan fingerprint density at radius 1 is 1.16 bits per heavy atom. The number of pyridine rings is 1. The van der Waals surface area contributed by atoms with Crippen molar-refractivity contribution in [2.24, 2.45) is 0 Å². The largest absolute Gasteiger partial charge is 0.354 e. The summed E-state index contributed by atoms with van der Waals surface area (Å²) in [5, 5.41) is 17.3. The summed E-state index contributed by atoms with van der Waals surface area (Å²) in [4.78, 5) is 21.2. The molecule has 1 amide bonds. The van der Waals surface area contributed by atoms with Gasteiger partial charge in [0.1, 0.15) is 0 Å². The lowest BCUT2D eigenvalue weighted by Crippen LogP contribution is -2.16. The molecular formula is C18H15N5OS. The molecule has 0 bridgehead atoms. The lowest BCUT2D eigenvalue weighted by atomic mass is 10.2. The zero-order valence-corrected chi connectivity index (χ0v) is 14.5. The number of anilines is 3. The molecule has 2 heterocycles. The number of hydrogen-bond donors (Lipinski definition) is 2. The van der Waals surface area contributed by atoms with Crippen molar-refractivity contribution in [1.82, 2.24) is 9.97 Å². The average molecular weight is 349 g/mol. The van der Waals surface area contributed by atoms with E-state index in [1.165, 1.54) is 11.3 Å². The maximum atomic E-state index is 12.6. The van der Waals surface area contributed by atoms with E-state index in [1.54, 1.807) is 24.3 Å². The summed E-state index contributed by atoms with van der Waals surface area (Å²) in [6, 6.07) is 12.7. The van der Waals surface area contributed by atoms with Crippen LogP contribution in [0.4, 0.5) is 16.5 Å². The highest BCUT2D eigenvalue weighted by Crippen LogP contribution is 2.23. The Morgan fingerprint density at radius 3 is 2.72 bits per heavy atom. The van der Waals surface area contributed by atoms with E-state index >= 15 is 0 Å². The highest BCUT2D eigenvalue weighted by molar-refractivity contribution is 7.13. The van der Waals surface area contributed by atoms with E-state index < -0.39 is 0 Å². The van der Waals surface area contributed by atoms with Gasteiger partial charge in [-0.1, -0.05) is 6.07 Å². The maximum absolute atomic E-state index is 12.6. The van der Waals surface area contributed by atoms with Gasteiger partial charge in [0.25, 0.3) is 5.91 Å². The second kappa shape index (κ2) is 7.11. The van der Waals surface area contributed by atoms with Crippen LogP contribution in [0.5, 0.6) is 0 Å². The Morgan fingerprint density at radius 2 is 2.00 bits per heavy atom. The summed E-state index contributed by atoms with van der Waals surface area (Å²) in [7, 11) is 0. The number of nitriles is 1. The van der Waals surface area contributed by atoms with Crippen molar-refractivity contribution in [2.75, 3.05) is 10.6 Å². The molecule has 0 aliphatic rings. The second-order valence-electron chi connectivity index (χ2n) is 5.41. The van der Waals surface area contributed by atoms with Crippen molar-refractivity contribution in [3.05, 3.63) is 64.4 Å². The SMILES string of the molecule is Cc1csc(NC(=O)c2nc(C)ccc2Nc2cccc(C#N)c2)n1. The number of aryl methyl sites for hydroxylation is 2. The number of nitrogens with zero attached hydrogens (tertiary/aromatic N) is 3. The minimum atomic E-state index is -0.336. The number of aromatic nitrogens is 2. The molecule has 0 spiro atoms. The molecule has 0 saturated carbocycles. The molecule has 0 unspecified atom stereocenters. The molecule has 0 fully saturated rings. The Balaban J connectivity index is 1.89. The second-order valence-corrected chi connectivity index (χ2v) is 6.27. The fraction of sp³-hybridized carbons (Fsp3) is 0.111. The summed E-state index contributed by atoms with van der Waals surface area (Å²) in [6.45, 7) is 3.69. The standard InChI is InChI=1S/C18H15N5OS/c1-11-6-7-15(22-14-5-3-4-13(8-14)9-19)16(20-11)17(24)23-18-21-12(2)10-25-18/h3-8,10,22H,1-2H3,(H,21,23,24). The molecule has 2 aromatic heterocycles. The topological polar surface area (TPSA) is 90.7 Å². The molecule has 3 aromatic rings. The van der Waals surface area contributed by atoms with Gasteiger partial charge in [-0.15, -0.1) is 11.3 Å². The monoisotopic (exact) mass is 349 g/mol. The summed E-state index contributed by atoms with van der Waals surface area (Å²) in [5.41, 5.74) is 3.67. The first-order valence-corrected chi connectivity index (χ1v) is 8.41. The van der Waals surface area contributed by atoms with Crippen molar-refractivity contribution >= 4 is 33.8 Å². The molecule has 7 heteroatoms. The van der Waals surface area contributed by atoms with Gasteiger partial charge in [0.15, 0.2) is 10.8 Å². The van der Waals surface area contributed by atoms with Gasteiger partial charge in [0.05, 0.1) is 23.0 Å². The smallest absolute Gasteiger partial charge is 0.278 e. The Bertz CT molecular complexity index is 974. The van der Waals surface area contributed by atoms with Crippen LogP contribution in [0.1, 0.15) is 27.4 Å². The zero-order valence-electron chi connectivity index (χ0n) is 13.7. The highest BCUT2D eigenvalue weighted by Gasteiger charge is 2.15. The number of carbonyl (C=O) groups excluding carboxylic acids is 1. The number of carbonyl (C=O) groups is 1. The minimum absolute atomic E-state index is 0.273. The lowest BCUT2D eigenvalue weighted by Gasteiger charge is -2.12. The number of nitrogens with one attached hydrogen (secondary N) is 2. The van der Waals surface area contributed by atoms with Crippen LogP contribution in [0.15, 0.2) is 41.8 Å². The van der Waals surface area contributed by atoms with Crippen LogP contribution in [0.2, 0.25) is 0 Å². The van der Waals surface area contributed by atoms with E-state index in [9.17, 15) is 4.79 Å². The van der Waals surface area contributed by atoms with Gasteiger partial charge in [0.2, 0.25) is 0 Å². The molecule has 0 radical (unpaired) electrons. The van der Waals surface area contributed by atoms with E-state index in [2.05, 4.69) is 26.7 Å². The quantitative estimate of drug-likeness (QED) is 0.742. The maximum Gasteiger partial charge on any atom is 0.278 e. The van der Waals surface area contributed by atoms with Crippen LogP contribution in [0, 0.1) is 25.2 Å². The van der Waals surface area contributed by atoms with Crippen molar-refractivity contribution in [3.8, 4) is 6.07 Å². The first-order chi connectivity index (χ1) is 12.0. The minimum Gasteiger partial charge on any atom is -0.354 e. The molecule has 2 N–H and O–H groups in total. The third kappa shape index (κ3) is 4.00. The third-order valence-corrected chi connectivity index (χ3v) is 4.24. The molecule has 6 nitrogen and oxygen atoms in total. The van der Waals surface area contributed by atoms with Crippen LogP contribution >= 0.6 is 11.3 Å². The van der Waals surface area contributed by atoms with E-state index in [4.69, 9.17) is 5.26 Å². The van der Waals surface area contributed by atoms with Gasteiger partial charge in [-0.05, 0) is 44.2 Å². The van der Waals surface area contributed by atoms with E-state index in [1.807, 2.05) is 31.4 Å². The summed E-state index contributed by atoms with van der Waals surface area (Å²) < 4.78 is 0. The fourth-order valence-corrected chi connectivity index (χ4v) is 2.90. The lowest BCUT2D eigenvalue weighted by molar-refractivity contribution is 0.102. The van der Waals surface area contributed by atoms with Gasteiger partial charge in [0, 0.05) is 16.8 Å². The van der Waals surface area contributed by atoms with Crippen LogP contribution in [0.25, 0.3) is 0 Å². The summed E-state index contributed by atoms with van der Waals surface area (Å²) in [6.07, 6.45) is 0. The third-order valence-electron chi connectivity index (χ3n) is 3.36. The molecule has 25 heavy (non-hydrogen) atoms. The highest BCUT2D eigenvalue weighted by atomic mass is 32.1. The van der Waals surface area contributed by atoms with Crippen molar-refractivity contribution in [3.63, 3.8) is 0 Å². The zero-order chi connectivity index (χ0) is 17.8. The normalized spacial score (nSPS) is 10.1. The van der Waals surface area contributed by atoms with Gasteiger partial charge in [-0.2, -0.15) is 5.26 Å². The molecular weight excluding hydrogens is 334 g/mol. The summed E-state index contributed by atoms with van der Waals surface area (Å²) >= 11 is 1.36. The van der Waals surface area contributed by atoms with Crippen molar-refractivity contribution in [1.29, 1.82) is 5.26 Å². The van der Waals surface area contributed by atoms with Gasteiger partial charge in [-0.25, -0.2) is 9.97 Å². The fourth-order valence-electron chi connectivity index (χ4n) is 2.22. The Kier molecular flexibility index (Phi) is 4.73.